The third kappa shape index (κ3) is 3.50. The van der Waals surface area contributed by atoms with Gasteiger partial charge in [-0.15, -0.1) is 0 Å². The lowest BCUT2D eigenvalue weighted by molar-refractivity contribution is 0.520. The first-order valence-corrected chi connectivity index (χ1v) is 7.78. The molecular weight excluding hydrogens is 300 g/mol. The van der Waals surface area contributed by atoms with Gasteiger partial charge in [-0.2, -0.15) is 0 Å². The molecule has 0 aliphatic carbocycles. The van der Waals surface area contributed by atoms with Crippen LogP contribution in [0.3, 0.4) is 0 Å². The van der Waals surface area contributed by atoms with Gasteiger partial charge in [0, 0.05) is 25.0 Å². The summed E-state index contributed by atoms with van der Waals surface area (Å²) in [5.41, 5.74) is 5.91. The molecule has 2 aromatic rings. The van der Waals surface area contributed by atoms with E-state index in [0.717, 1.165) is 0 Å². The molecule has 20 heavy (non-hydrogen) atoms. The summed E-state index contributed by atoms with van der Waals surface area (Å²) in [4.78, 5) is 4.00. The zero-order chi connectivity index (χ0) is 14.8. The predicted molar refractivity (Wildman–Crippen MR) is 77.9 cm³/mol. The number of rotatable bonds is 5. The molecule has 1 unspecified atom stereocenters. The van der Waals surface area contributed by atoms with Gasteiger partial charge in [0.25, 0.3) is 0 Å². The van der Waals surface area contributed by atoms with Crippen LogP contribution in [-0.4, -0.2) is 24.0 Å². The van der Waals surface area contributed by atoms with Gasteiger partial charge in [0.15, 0.2) is 0 Å². The van der Waals surface area contributed by atoms with E-state index < -0.39 is 10.0 Å². The standard InChI is InChI=1S/C12H15ClN4O2S/c1-9(7-17-5-4-15-8-17)16-20(18,19)10-2-3-12(14)11(13)6-10/h2-6,8-9,16H,7,14H2,1H3. The maximum Gasteiger partial charge on any atom is 0.240 e. The second-order valence-electron chi connectivity index (χ2n) is 4.47. The molecule has 8 heteroatoms. The molecule has 0 fully saturated rings. The number of hydrogen-bond donors (Lipinski definition) is 2. The van der Waals surface area contributed by atoms with E-state index in [9.17, 15) is 8.42 Å². The van der Waals surface area contributed by atoms with Gasteiger partial charge in [-0.3, -0.25) is 0 Å². The number of imidazole rings is 1. The summed E-state index contributed by atoms with van der Waals surface area (Å²) in [5, 5.41) is 0.218. The molecule has 0 amide bonds. The molecule has 0 spiro atoms. The minimum Gasteiger partial charge on any atom is -0.398 e. The normalized spacial score (nSPS) is 13.3. The molecule has 1 heterocycles. The van der Waals surface area contributed by atoms with Crippen LogP contribution in [0.2, 0.25) is 5.02 Å². The number of benzene rings is 1. The number of aromatic nitrogens is 2. The smallest absolute Gasteiger partial charge is 0.240 e. The maximum atomic E-state index is 12.2. The average molecular weight is 315 g/mol. The average Bonchev–Trinajstić information content (AvgIpc) is 2.84. The van der Waals surface area contributed by atoms with Crippen molar-refractivity contribution in [3.8, 4) is 0 Å². The highest BCUT2D eigenvalue weighted by Gasteiger charge is 2.18. The van der Waals surface area contributed by atoms with Gasteiger partial charge < -0.3 is 10.3 Å². The lowest BCUT2D eigenvalue weighted by atomic mass is 10.3. The molecule has 0 aliphatic heterocycles. The van der Waals surface area contributed by atoms with Crippen molar-refractivity contribution in [2.75, 3.05) is 5.73 Å². The van der Waals surface area contributed by atoms with Crippen molar-refractivity contribution in [2.45, 2.75) is 24.4 Å². The number of nitrogen functional groups attached to an aromatic ring is 1. The number of halogens is 1. The Bertz CT molecular complexity index is 685. The van der Waals surface area contributed by atoms with Crippen LogP contribution in [0.4, 0.5) is 5.69 Å². The minimum atomic E-state index is -3.63. The van der Waals surface area contributed by atoms with E-state index in [1.807, 2.05) is 0 Å². The molecule has 0 saturated carbocycles. The molecule has 1 aromatic carbocycles. The summed E-state index contributed by atoms with van der Waals surface area (Å²) < 4.78 is 28.8. The fourth-order valence-corrected chi connectivity index (χ4v) is 3.26. The summed E-state index contributed by atoms with van der Waals surface area (Å²) >= 11 is 5.84. The fourth-order valence-electron chi connectivity index (χ4n) is 1.76. The highest BCUT2D eigenvalue weighted by molar-refractivity contribution is 7.89. The van der Waals surface area contributed by atoms with Crippen LogP contribution in [-0.2, 0) is 16.6 Å². The van der Waals surface area contributed by atoms with Gasteiger partial charge in [0.05, 0.1) is 21.9 Å². The summed E-state index contributed by atoms with van der Waals surface area (Å²) in [7, 11) is -3.63. The number of sulfonamides is 1. The van der Waals surface area contributed by atoms with Crippen LogP contribution >= 0.6 is 11.6 Å². The topological polar surface area (TPSA) is 90.0 Å². The van der Waals surface area contributed by atoms with Gasteiger partial charge in [0.2, 0.25) is 10.0 Å². The van der Waals surface area contributed by atoms with E-state index in [-0.39, 0.29) is 16.0 Å². The Morgan fingerprint density at radius 2 is 2.25 bits per heavy atom. The summed E-state index contributed by atoms with van der Waals surface area (Å²) in [5.74, 6) is 0. The molecule has 0 bridgehead atoms. The Morgan fingerprint density at radius 1 is 1.50 bits per heavy atom. The van der Waals surface area contributed by atoms with Crippen LogP contribution in [0.25, 0.3) is 0 Å². The quantitative estimate of drug-likeness (QED) is 0.818. The van der Waals surface area contributed by atoms with Gasteiger partial charge in [-0.1, -0.05) is 11.6 Å². The first-order valence-electron chi connectivity index (χ1n) is 5.91. The number of nitrogens with zero attached hydrogens (tertiary/aromatic N) is 2. The van der Waals surface area contributed by atoms with Crippen molar-refractivity contribution in [2.24, 2.45) is 0 Å². The number of nitrogens with two attached hydrogens (primary N) is 1. The van der Waals surface area contributed by atoms with Crippen LogP contribution in [0, 0.1) is 0 Å². The molecule has 1 aromatic heterocycles. The molecule has 0 aliphatic rings. The SMILES string of the molecule is CC(Cn1ccnc1)NS(=O)(=O)c1ccc(N)c(Cl)c1. The van der Waals surface area contributed by atoms with E-state index in [4.69, 9.17) is 17.3 Å². The van der Waals surface area contributed by atoms with Crippen molar-refractivity contribution in [3.05, 3.63) is 41.9 Å². The number of anilines is 1. The molecule has 1 atom stereocenters. The van der Waals surface area contributed by atoms with E-state index in [1.165, 1.54) is 18.2 Å². The van der Waals surface area contributed by atoms with Crippen molar-refractivity contribution in [1.82, 2.24) is 14.3 Å². The van der Waals surface area contributed by atoms with Crippen LogP contribution in [0.15, 0.2) is 41.8 Å². The Labute approximate surface area is 122 Å². The van der Waals surface area contributed by atoms with Crippen molar-refractivity contribution < 1.29 is 8.42 Å². The highest BCUT2D eigenvalue weighted by atomic mass is 35.5. The molecule has 6 nitrogen and oxygen atoms in total. The lowest BCUT2D eigenvalue weighted by Gasteiger charge is -2.15. The maximum absolute atomic E-state index is 12.2. The zero-order valence-corrected chi connectivity index (χ0v) is 12.4. The van der Waals surface area contributed by atoms with Crippen LogP contribution < -0.4 is 10.5 Å². The predicted octanol–water partition coefficient (Wildman–Crippen LogP) is 1.49. The molecule has 2 rings (SSSR count). The van der Waals surface area contributed by atoms with E-state index in [2.05, 4.69) is 9.71 Å². The molecule has 108 valence electrons. The number of hydrogen-bond acceptors (Lipinski definition) is 4. The number of nitrogens with one attached hydrogen (secondary N) is 1. The summed E-state index contributed by atoms with van der Waals surface area (Å²) in [6.07, 6.45) is 5.04. The lowest BCUT2D eigenvalue weighted by Crippen LogP contribution is -2.35. The highest BCUT2D eigenvalue weighted by Crippen LogP contribution is 2.22. The van der Waals surface area contributed by atoms with Gasteiger partial charge in [-0.25, -0.2) is 18.1 Å². The third-order valence-corrected chi connectivity index (χ3v) is 4.60. The zero-order valence-electron chi connectivity index (χ0n) is 10.8. The van der Waals surface area contributed by atoms with Gasteiger partial charge in [0.1, 0.15) is 0 Å². The summed E-state index contributed by atoms with van der Waals surface area (Å²) in [6, 6.07) is 3.94. The van der Waals surface area contributed by atoms with Crippen LogP contribution in [0.5, 0.6) is 0 Å². The minimum absolute atomic E-state index is 0.0918. The van der Waals surface area contributed by atoms with Gasteiger partial charge >= 0.3 is 0 Å². The first-order chi connectivity index (χ1) is 9.38. The van der Waals surface area contributed by atoms with E-state index in [0.29, 0.717) is 12.2 Å². The van der Waals surface area contributed by atoms with Crippen LogP contribution in [0.1, 0.15) is 6.92 Å². The van der Waals surface area contributed by atoms with Crippen molar-refractivity contribution in [1.29, 1.82) is 0 Å². The Kier molecular flexibility index (Phi) is 4.32. The molecular formula is C12H15ClN4O2S. The van der Waals surface area contributed by atoms with E-state index >= 15 is 0 Å². The molecule has 0 radical (unpaired) electrons. The summed E-state index contributed by atoms with van der Waals surface area (Å²) in [6.45, 7) is 2.26. The fraction of sp³-hybridized carbons (Fsp3) is 0.250. The second kappa shape index (κ2) is 5.82. The monoisotopic (exact) mass is 314 g/mol. The van der Waals surface area contributed by atoms with E-state index in [1.54, 1.807) is 30.2 Å². The van der Waals surface area contributed by atoms with Crippen molar-refractivity contribution in [3.63, 3.8) is 0 Å². The van der Waals surface area contributed by atoms with Gasteiger partial charge in [-0.05, 0) is 25.1 Å². The van der Waals surface area contributed by atoms with Crippen molar-refractivity contribution >= 4 is 27.3 Å². The molecule has 3 N–H and O–H groups in total. The Morgan fingerprint density at radius 3 is 2.85 bits per heavy atom. The second-order valence-corrected chi connectivity index (χ2v) is 6.59. The third-order valence-electron chi connectivity index (χ3n) is 2.68. The Balaban J connectivity index is 2.12. The first kappa shape index (κ1) is 14.8. The molecule has 0 saturated heterocycles. The largest absolute Gasteiger partial charge is 0.398 e. The Hall–Kier alpha value is -1.57.